The third-order valence-corrected chi connectivity index (χ3v) is 3.47. The summed E-state index contributed by atoms with van der Waals surface area (Å²) in [5.41, 5.74) is 0. The Hall–Kier alpha value is -2.06. The molecule has 2 aromatic rings. The van der Waals surface area contributed by atoms with Crippen molar-refractivity contribution in [3.63, 3.8) is 0 Å². The standard InChI is InChI=1S/C10H7N3O3S2/c14-9(15)4-2-6-1-3-7(17-6)10(16)12-8-5-11-13-18-8/h1-5H,(H,12,16)(H,14,15)/b4-2+. The summed E-state index contributed by atoms with van der Waals surface area (Å²) in [6.45, 7) is 0. The summed E-state index contributed by atoms with van der Waals surface area (Å²) in [6, 6.07) is 3.32. The number of nitrogens with zero attached hydrogens (tertiary/aromatic N) is 2. The Kier molecular flexibility index (Phi) is 3.80. The van der Waals surface area contributed by atoms with Crippen molar-refractivity contribution < 1.29 is 14.7 Å². The van der Waals surface area contributed by atoms with Crippen LogP contribution in [0.25, 0.3) is 6.08 Å². The summed E-state index contributed by atoms with van der Waals surface area (Å²) in [6.07, 6.45) is 3.93. The van der Waals surface area contributed by atoms with Crippen molar-refractivity contribution in [3.05, 3.63) is 34.2 Å². The first-order valence-electron chi connectivity index (χ1n) is 4.75. The molecule has 6 nitrogen and oxygen atoms in total. The van der Waals surface area contributed by atoms with E-state index in [1.165, 1.54) is 23.6 Å². The van der Waals surface area contributed by atoms with Crippen LogP contribution in [-0.2, 0) is 4.79 Å². The third kappa shape index (κ3) is 3.22. The molecule has 0 spiro atoms. The van der Waals surface area contributed by atoms with Crippen LogP contribution < -0.4 is 5.32 Å². The van der Waals surface area contributed by atoms with E-state index in [1.807, 2.05) is 0 Å². The molecule has 2 rings (SSSR count). The van der Waals surface area contributed by atoms with Crippen LogP contribution in [0.2, 0.25) is 0 Å². The zero-order chi connectivity index (χ0) is 13.0. The number of carboxylic acid groups (broad SMARTS) is 1. The van der Waals surface area contributed by atoms with Crippen molar-refractivity contribution >= 4 is 45.8 Å². The van der Waals surface area contributed by atoms with Gasteiger partial charge in [-0.05, 0) is 18.2 Å². The summed E-state index contributed by atoms with van der Waals surface area (Å²) < 4.78 is 3.63. The molecule has 0 saturated heterocycles. The zero-order valence-electron chi connectivity index (χ0n) is 8.86. The highest BCUT2D eigenvalue weighted by atomic mass is 32.1. The number of carbonyl (C=O) groups excluding carboxylic acids is 1. The third-order valence-electron chi connectivity index (χ3n) is 1.84. The van der Waals surface area contributed by atoms with E-state index in [1.54, 1.807) is 12.1 Å². The van der Waals surface area contributed by atoms with Crippen LogP contribution in [0.5, 0.6) is 0 Å². The minimum atomic E-state index is -1.02. The summed E-state index contributed by atoms with van der Waals surface area (Å²) in [5, 5.41) is 15.3. The fourth-order valence-corrected chi connectivity index (χ4v) is 2.33. The summed E-state index contributed by atoms with van der Waals surface area (Å²) in [4.78, 5) is 23.3. The minimum Gasteiger partial charge on any atom is -0.478 e. The van der Waals surface area contributed by atoms with E-state index < -0.39 is 5.97 Å². The molecule has 18 heavy (non-hydrogen) atoms. The first-order chi connectivity index (χ1) is 8.65. The lowest BCUT2D eigenvalue weighted by molar-refractivity contribution is -0.131. The normalized spacial score (nSPS) is 10.7. The van der Waals surface area contributed by atoms with E-state index in [-0.39, 0.29) is 5.91 Å². The molecule has 2 heterocycles. The molecule has 0 bridgehead atoms. The number of hydrogen-bond acceptors (Lipinski definition) is 6. The quantitative estimate of drug-likeness (QED) is 0.836. The molecular weight excluding hydrogens is 274 g/mol. The molecule has 2 N–H and O–H groups in total. The Morgan fingerprint density at radius 1 is 1.39 bits per heavy atom. The highest BCUT2D eigenvalue weighted by Gasteiger charge is 2.09. The molecule has 0 aliphatic rings. The predicted octanol–water partition coefficient (Wildman–Crippen LogP) is 1.95. The first kappa shape index (κ1) is 12.4. The minimum absolute atomic E-state index is 0.263. The topological polar surface area (TPSA) is 92.2 Å². The fourth-order valence-electron chi connectivity index (χ4n) is 1.11. The number of rotatable bonds is 4. The summed E-state index contributed by atoms with van der Waals surface area (Å²) in [5.74, 6) is -1.29. The van der Waals surface area contributed by atoms with Crippen LogP contribution in [0.1, 0.15) is 14.5 Å². The summed E-state index contributed by atoms with van der Waals surface area (Å²) >= 11 is 2.29. The average molecular weight is 281 g/mol. The number of amides is 1. The van der Waals surface area contributed by atoms with Crippen LogP contribution in [0, 0.1) is 0 Å². The molecule has 0 saturated carbocycles. The van der Waals surface area contributed by atoms with E-state index in [4.69, 9.17) is 5.11 Å². The highest BCUT2D eigenvalue weighted by molar-refractivity contribution is 7.15. The lowest BCUT2D eigenvalue weighted by Crippen LogP contribution is -2.08. The molecule has 0 radical (unpaired) electrons. The van der Waals surface area contributed by atoms with Gasteiger partial charge in [-0.1, -0.05) is 4.49 Å². The van der Waals surface area contributed by atoms with Crippen molar-refractivity contribution in [1.82, 2.24) is 9.59 Å². The smallest absolute Gasteiger partial charge is 0.328 e. The van der Waals surface area contributed by atoms with Gasteiger partial charge in [-0.15, -0.1) is 16.4 Å². The average Bonchev–Trinajstić information content (AvgIpc) is 2.96. The van der Waals surface area contributed by atoms with Gasteiger partial charge < -0.3 is 10.4 Å². The van der Waals surface area contributed by atoms with Gasteiger partial charge in [0, 0.05) is 22.5 Å². The second kappa shape index (κ2) is 5.52. The van der Waals surface area contributed by atoms with Gasteiger partial charge in [-0.3, -0.25) is 4.79 Å². The second-order valence-electron chi connectivity index (χ2n) is 3.11. The largest absolute Gasteiger partial charge is 0.478 e. The van der Waals surface area contributed by atoms with Crippen molar-refractivity contribution in [3.8, 4) is 0 Å². The molecule has 92 valence electrons. The van der Waals surface area contributed by atoms with Gasteiger partial charge in [-0.2, -0.15) is 0 Å². The van der Waals surface area contributed by atoms with Gasteiger partial charge in [0.15, 0.2) is 0 Å². The summed E-state index contributed by atoms with van der Waals surface area (Å²) in [7, 11) is 0. The maximum absolute atomic E-state index is 11.8. The van der Waals surface area contributed by atoms with Gasteiger partial charge in [0.2, 0.25) is 0 Å². The molecule has 1 amide bonds. The molecule has 0 aliphatic heterocycles. The Labute approximate surface area is 110 Å². The lowest BCUT2D eigenvalue weighted by Gasteiger charge is -1.96. The zero-order valence-corrected chi connectivity index (χ0v) is 10.5. The first-order valence-corrected chi connectivity index (χ1v) is 6.33. The van der Waals surface area contributed by atoms with Crippen molar-refractivity contribution in [2.75, 3.05) is 5.32 Å². The Morgan fingerprint density at radius 2 is 2.22 bits per heavy atom. The highest BCUT2D eigenvalue weighted by Crippen LogP contribution is 2.20. The number of anilines is 1. The molecule has 0 aromatic carbocycles. The maximum Gasteiger partial charge on any atom is 0.328 e. The van der Waals surface area contributed by atoms with Crippen LogP contribution in [-0.4, -0.2) is 26.6 Å². The second-order valence-corrected chi connectivity index (χ2v) is 5.01. The number of nitrogens with one attached hydrogen (secondary N) is 1. The molecule has 0 atom stereocenters. The number of thiophene rings is 1. The van der Waals surface area contributed by atoms with Gasteiger partial charge in [0.1, 0.15) is 5.00 Å². The van der Waals surface area contributed by atoms with E-state index >= 15 is 0 Å². The number of aromatic nitrogens is 2. The van der Waals surface area contributed by atoms with Crippen molar-refractivity contribution in [1.29, 1.82) is 0 Å². The number of hydrogen-bond donors (Lipinski definition) is 2. The van der Waals surface area contributed by atoms with E-state index in [2.05, 4.69) is 14.9 Å². The molecular formula is C10H7N3O3S2. The predicted molar refractivity (Wildman–Crippen MR) is 68.9 cm³/mol. The molecule has 0 aliphatic carbocycles. The molecule has 0 fully saturated rings. The monoisotopic (exact) mass is 281 g/mol. The Morgan fingerprint density at radius 3 is 2.89 bits per heavy atom. The van der Waals surface area contributed by atoms with E-state index in [0.29, 0.717) is 14.8 Å². The van der Waals surface area contributed by atoms with Gasteiger partial charge in [0.05, 0.1) is 11.1 Å². The van der Waals surface area contributed by atoms with Gasteiger partial charge >= 0.3 is 5.97 Å². The SMILES string of the molecule is O=C(O)/C=C/c1ccc(C(=O)Nc2cnns2)s1. The number of carbonyl (C=O) groups is 2. The van der Waals surface area contributed by atoms with E-state index in [0.717, 1.165) is 17.6 Å². The van der Waals surface area contributed by atoms with E-state index in [9.17, 15) is 9.59 Å². The van der Waals surface area contributed by atoms with Crippen molar-refractivity contribution in [2.24, 2.45) is 0 Å². The molecule has 2 aromatic heterocycles. The maximum atomic E-state index is 11.8. The van der Waals surface area contributed by atoms with Crippen molar-refractivity contribution in [2.45, 2.75) is 0 Å². The van der Waals surface area contributed by atoms with Gasteiger partial charge in [-0.25, -0.2) is 4.79 Å². The molecule has 0 unspecified atom stereocenters. The van der Waals surface area contributed by atoms with Crippen LogP contribution >= 0.6 is 22.9 Å². The fraction of sp³-hybridized carbons (Fsp3) is 0. The Balaban J connectivity index is 2.05. The number of aliphatic carboxylic acids is 1. The Bertz CT molecular complexity index is 589. The molecule has 8 heteroatoms. The lowest BCUT2D eigenvalue weighted by atomic mass is 10.4. The van der Waals surface area contributed by atoms with Gasteiger partial charge in [0.25, 0.3) is 5.91 Å². The number of carboxylic acids is 1. The van der Waals surface area contributed by atoms with Crippen LogP contribution in [0.15, 0.2) is 24.4 Å². The van der Waals surface area contributed by atoms with Crippen LogP contribution in [0.4, 0.5) is 5.00 Å². The van der Waals surface area contributed by atoms with Crippen LogP contribution in [0.3, 0.4) is 0 Å².